The molecule has 120 valence electrons. The second-order valence-corrected chi connectivity index (χ2v) is 4.56. The lowest BCUT2D eigenvalue weighted by atomic mass is 10.2. The molecule has 2 aromatic rings. The van der Waals surface area contributed by atoms with E-state index in [1.807, 2.05) is 0 Å². The molecule has 0 aliphatic heterocycles. The molecular weight excluding hydrogens is 299 g/mol. The van der Waals surface area contributed by atoms with Gasteiger partial charge in [-0.1, -0.05) is 12.1 Å². The monoisotopic (exact) mass is 316 g/mol. The Kier molecular flexibility index (Phi) is 5.57. The molecule has 0 spiro atoms. The minimum Gasteiger partial charge on any atom is -0.493 e. The Morgan fingerprint density at radius 3 is 2.57 bits per heavy atom. The van der Waals surface area contributed by atoms with E-state index in [4.69, 9.17) is 9.47 Å². The van der Waals surface area contributed by atoms with Gasteiger partial charge in [0.1, 0.15) is 5.82 Å². The normalized spacial score (nSPS) is 10.4. The first-order valence-electron chi connectivity index (χ1n) is 6.84. The van der Waals surface area contributed by atoms with Crippen molar-refractivity contribution in [3.63, 3.8) is 0 Å². The maximum absolute atomic E-state index is 13.0. The third-order valence-electron chi connectivity index (χ3n) is 2.98. The maximum atomic E-state index is 13.0. The van der Waals surface area contributed by atoms with Crippen LogP contribution < -0.4 is 20.1 Å². The largest absolute Gasteiger partial charge is 0.493 e. The van der Waals surface area contributed by atoms with E-state index in [0.717, 1.165) is 0 Å². The summed E-state index contributed by atoms with van der Waals surface area (Å²) in [5.74, 6) is 0.756. The molecular formula is C17H17FN2O3. The van der Waals surface area contributed by atoms with Crippen LogP contribution in [0.15, 0.2) is 48.7 Å². The number of carbonyl (C=O) groups excluding carboxylic acids is 1. The zero-order valence-corrected chi connectivity index (χ0v) is 12.8. The minimum atomic E-state index is -0.426. The Hall–Kier alpha value is -3.02. The van der Waals surface area contributed by atoms with E-state index in [9.17, 15) is 9.18 Å². The summed E-state index contributed by atoms with van der Waals surface area (Å²) in [7, 11) is 3.05. The molecule has 5 nitrogen and oxygen atoms in total. The fourth-order valence-corrected chi connectivity index (χ4v) is 1.90. The van der Waals surface area contributed by atoms with Crippen molar-refractivity contribution in [3.05, 3.63) is 60.0 Å². The van der Waals surface area contributed by atoms with E-state index in [2.05, 4.69) is 10.6 Å². The average molecular weight is 316 g/mol. The number of ether oxygens (including phenoxy) is 2. The number of urea groups is 1. The zero-order valence-electron chi connectivity index (χ0n) is 12.8. The van der Waals surface area contributed by atoms with Crippen molar-refractivity contribution < 1.29 is 18.7 Å². The van der Waals surface area contributed by atoms with Crippen molar-refractivity contribution in [2.45, 2.75) is 0 Å². The van der Waals surface area contributed by atoms with Crippen molar-refractivity contribution in [1.29, 1.82) is 0 Å². The predicted octanol–water partition coefficient (Wildman–Crippen LogP) is 3.64. The first kappa shape index (κ1) is 16.4. The molecule has 0 bridgehead atoms. The molecule has 0 aromatic heterocycles. The van der Waals surface area contributed by atoms with Crippen LogP contribution in [0.5, 0.6) is 11.5 Å². The Bertz CT molecular complexity index is 717. The van der Waals surface area contributed by atoms with Gasteiger partial charge in [0.05, 0.1) is 14.2 Å². The number of benzene rings is 2. The fourth-order valence-electron chi connectivity index (χ4n) is 1.90. The molecule has 0 fully saturated rings. The van der Waals surface area contributed by atoms with Crippen LogP contribution >= 0.6 is 0 Å². The molecule has 2 N–H and O–H groups in total. The van der Waals surface area contributed by atoms with Crippen LogP contribution in [0.4, 0.5) is 14.9 Å². The summed E-state index contributed by atoms with van der Waals surface area (Å²) < 4.78 is 23.3. The maximum Gasteiger partial charge on any atom is 0.323 e. The average Bonchev–Trinajstić information content (AvgIpc) is 2.54. The van der Waals surface area contributed by atoms with E-state index in [-0.39, 0.29) is 5.82 Å². The van der Waals surface area contributed by atoms with Gasteiger partial charge in [-0.3, -0.25) is 0 Å². The van der Waals surface area contributed by atoms with Gasteiger partial charge in [-0.05, 0) is 35.9 Å². The smallest absolute Gasteiger partial charge is 0.323 e. The summed E-state index contributed by atoms with van der Waals surface area (Å²) in [6.07, 6.45) is 3.03. The Labute approximate surface area is 133 Å². The molecule has 2 aromatic carbocycles. The molecule has 0 unspecified atom stereocenters. The van der Waals surface area contributed by atoms with Gasteiger partial charge in [0.25, 0.3) is 0 Å². The van der Waals surface area contributed by atoms with Crippen LogP contribution in [-0.4, -0.2) is 20.3 Å². The van der Waals surface area contributed by atoms with Crippen LogP contribution in [0.3, 0.4) is 0 Å². The summed E-state index contributed by atoms with van der Waals surface area (Å²) >= 11 is 0. The van der Waals surface area contributed by atoms with Gasteiger partial charge in [0.2, 0.25) is 0 Å². The number of hydrogen-bond acceptors (Lipinski definition) is 3. The quantitative estimate of drug-likeness (QED) is 0.885. The van der Waals surface area contributed by atoms with Crippen LogP contribution in [-0.2, 0) is 0 Å². The Morgan fingerprint density at radius 2 is 1.87 bits per heavy atom. The number of anilines is 1. The van der Waals surface area contributed by atoms with Crippen LogP contribution in [0.25, 0.3) is 6.08 Å². The van der Waals surface area contributed by atoms with Crippen LogP contribution in [0.1, 0.15) is 5.56 Å². The highest BCUT2D eigenvalue weighted by Crippen LogP contribution is 2.29. The number of halogens is 1. The molecule has 23 heavy (non-hydrogen) atoms. The lowest BCUT2D eigenvalue weighted by molar-refractivity contribution is 0.255. The van der Waals surface area contributed by atoms with E-state index in [0.29, 0.717) is 22.7 Å². The van der Waals surface area contributed by atoms with E-state index in [1.165, 1.54) is 32.6 Å². The van der Waals surface area contributed by atoms with Crippen molar-refractivity contribution in [1.82, 2.24) is 5.32 Å². The van der Waals surface area contributed by atoms with E-state index >= 15 is 0 Å². The standard InChI is InChI=1S/C17H17FN2O3/c1-22-15-7-6-14(11-16(15)23-2)20-17(21)19-9-8-12-4-3-5-13(18)10-12/h3-11H,1-2H3,(H2,19,20,21)/b9-8+. The third kappa shape index (κ3) is 4.74. The first-order valence-corrected chi connectivity index (χ1v) is 6.84. The van der Waals surface area contributed by atoms with E-state index < -0.39 is 6.03 Å². The van der Waals surface area contributed by atoms with Gasteiger partial charge >= 0.3 is 6.03 Å². The summed E-state index contributed by atoms with van der Waals surface area (Å²) in [6.45, 7) is 0. The van der Waals surface area contributed by atoms with Crippen molar-refractivity contribution in [2.75, 3.05) is 19.5 Å². The highest BCUT2D eigenvalue weighted by molar-refractivity contribution is 5.90. The minimum absolute atomic E-state index is 0.332. The molecule has 0 aliphatic rings. The summed E-state index contributed by atoms with van der Waals surface area (Å²) in [5.41, 5.74) is 1.20. The molecule has 0 radical (unpaired) electrons. The van der Waals surface area contributed by atoms with Gasteiger partial charge in [-0.25, -0.2) is 9.18 Å². The van der Waals surface area contributed by atoms with E-state index in [1.54, 1.807) is 36.4 Å². The number of methoxy groups -OCH3 is 2. The molecule has 2 rings (SSSR count). The number of nitrogens with one attached hydrogen (secondary N) is 2. The second-order valence-electron chi connectivity index (χ2n) is 4.56. The molecule has 0 aliphatic carbocycles. The zero-order chi connectivity index (χ0) is 16.7. The van der Waals surface area contributed by atoms with Crippen LogP contribution in [0.2, 0.25) is 0 Å². The lowest BCUT2D eigenvalue weighted by Gasteiger charge is -2.10. The van der Waals surface area contributed by atoms with Gasteiger partial charge in [0.15, 0.2) is 11.5 Å². The number of rotatable bonds is 5. The van der Waals surface area contributed by atoms with Gasteiger partial charge in [0, 0.05) is 18.0 Å². The highest BCUT2D eigenvalue weighted by Gasteiger charge is 2.06. The van der Waals surface area contributed by atoms with Crippen molar-refractivity contribution in [2.24, 2.45) is 0 Å². The summed E-state index contributed by atoms with van der Waals surface area (Å²) in [4.78, 5) is 11.8. The SMILES string of the molecule is COc1ccc(NC(=O)N/C=C/c2cccc(F)c2)cc1OC. The second kappa shape index (κ2) is 7.84. The summed E-state index contributed by atoms with van der Waals surface area (Å²) in [6, 6.07) is 10.7. The number of amides is 2. The summed E-state index contributed by atoms with van der Waals surface area (Å²) in [5, 5.41) is 5.19. The number of hydrogen-bond donors (Lipinski definition) is 2. The molecule has 2 amide bonds. The van der Waals surface area contributed by atoms with Gasteiger partial charge in [-0.15, -0.1) is 0 Å². The highest BCUT2D eigenvalue weighted by atomic mass is 19.1. The third-order valence-corrected chi connectivity index (χ3v) is 2.98. The predicted molar refractivity (Wildman–Crippen MR) is 87.1 cm³/mol. The number of carbonyl (C=O) groups is 1. The Balaban J connectivity index is 1.94. The molecule has 0 saturated carbocycles. The molecule has 0 atom stereocenters. The lowest BCUT2D eigenvalue weighted by Crippen LogP contribution is -2.23. The van der Waals surface area contributed by atoms with Crippen molar-refractivity contribution in [3.8, 4) is 11.5 Å². The molecule has 6 heteroatoms. The first-order chi connectivity index (χ1) is 11.1. The topological polar surface area (TPSA) is 59.6 Å². The van der Waals surface area contributed by atoms with Gasteiger partial charge in [-0.2, -0.15) is 0 Å². The molecule has 0 saturated heterocycles. The fraction of sp³-hybridized carbons (Fsp3) is 0.118. The van der Waals surface area contributed by atoms with Crippen molar-refractivity contribution >= 4 is 17.8 Å². The van der Waals surface area contributed by atoms with Crippen LogP contribution in [0, 0.1) is 5.82 Å². The van der Waals surface area contributed by atoms with Gasteiger partial charge < -0.3 is 20.1 Å². The molecule has 0 heterocycles. The Morgan fingerprint density at radius 1 is 1.09 bits per heavy atom.